The molecular formula is C20H19F3N4O2S. The number of alkyl halides is 3. The number of aryl methyl sites for hydroxylation is 1. The number of rotatable bonds is 5. The van der Waals surface area contributed by atoms with Crippen molar-refractivity contribution in [3.63, 3.8) is 0 Å². The molecule has 10 heteroatoms. The zero-order valence-corrected chi connectivity index (χ0v) is 17.0. The molecule has 158 valence electrons. The number of benzene rings is 1. The van der Waals surface area contributed by atoms with Gasteiger partial charge in [-0.25, -0.2) is 9.97 Å². The van der Waals surface area contributed by atoms with Gasteiger partial charge in [0.05, 0.1) is 6.04 Å². The average molecular weight is 436 g/mol. The Hall–Kier alpha value is -2.75. The first kappa shape index (κ1) is 20.5. The minimum Gasteiger partial charge on any atom is -0.338 e. The van der Waals surface area contributed by atoms with Gasteiger partial charge in [0.25, 0.3) is 5.56 Å². The fraction of sp³-hybridized carbons (Fsp3) is 0.400. The quantitative estimate of drug-likeness (QED) is 0.612. The van der Waals surface area contributed by atoms with Crippen molar-refractivity contribution in [3.05, 3.63) is 52.1 Å². The molecule has 1 atom stereocenters. The SMILES string of the molecule is Cn1c(C(F)(F)F)nc2sc(N3CCC[C@@H]3C(=O)CCc3ccccc3)nc2c1=O. The first-order valence-electron chi connectivity index (χ1n) is 9.54. The summed E-state index contributed by atoms with van der Waals surface area (Å²) >= 11 is 0.921. The predicted molar refractivity (Wildman–Crippen MR) is 108 cm³/mol. The Kier molecular flexibility index (Phi) is 5.35. The molecule has 4 rings (SSSR count). The van der Waals surface area contributed by atoms with Gasteiger partial charge in [-0.15, -0.1) is 0 Å². The van der Waals surface area contributed by atoms with Crippen LogP contribution >= 0.6 is 11.3 Å². The summed E-state index contributed by atoms with van der Waals surface area (Å²) in [6.45, 7) is 0.564. The van der Waals surface area contributed by atoms with Gasteiger partial charge in [0.15, 0.2) is 21.3 Å². The summed E-state index contributed by atoms with van der Waals surface area (Å²) in [6.07, 6.45) is -2.31. The zero-order valence-electron chi connectivity index (χ0n) is 16.1. The van der Waals surface area contributed by atoms with E-state index in [4.69, 9.17) is 0 Å². The molecule has 30 heavy (non-hydrogen) atoms. The van der Waals surface area contributed by atoms with Crippen molar-refractivity contribution in [2.24, 2.45) is 7.05 Å². The predicted octanol–water partition coefficient (Wildman–Crippen LogP) is 3.58. The second kappa shape index (κ2) is 7.82. The average Bonchev–Trinajstić information content (AvgIpc) is 3.35. The Balaban J connectivity index is 1.60. The van der Waals surface area contributed by atoms with Gasteiger partial charge in [0, 0.05) is 20.0 Å². The molecule has 0 unspecified atom stereocenters. The molecule has 0 radical (unpaired) electrons. The molecule has 0 amide bonds. The maximum Gasteiger partial charge on any atom is 0.449 e. The summed E-state index contributed by atoms with van der Waals surface area (Å²) in [4.78, 5) is 34.8. The van der Waals surface area contributed by atoms with Gasteiger partial charge in [-0.1, -0.05) is 41.7 Å². The highest BCUT2D eigenvalue weighted by atomic mass is 32.1. The Morgan fingerprint density at radius 2 is 1.97 bits per heavy atom. The summed E-state index contributed by atoms with van der Waals surface area (Å²) in [5.74, 6) is -1.19. The lowest BCUT2D eigenvalue weighted by atomic mass is 10.0. The number of hydrogen-bond donors (Lipinski definition) is 0. The summed E-state index contributed by atoms with van der Waals surface area (Å²) in [7, 11) is 1.03. The van der Waals surface area contributed by atoms with Gasteiger partial charge >= 0.3 is 6.18 Å². The first-order valence-corrected chi connectivity index (χ1v) is 10.4. The minimum absolute atomic E-state index is 0.0625. The van der Waals surface area contributed by atoms with E-state index in [0.717, 1.165) is 30.4 Å². The van der Waals surface area contributed by atoms with Gasteiger partial charge < -0.3 is 4.90 Å². The van der Waals surface area contributed by atoms with E-state index in [0.29, 0.717) is 35.5 Å². The van der Waals surface area contributed by atoms with Crippen LogP contribution in [0.1, 0.15) is 30.7 Å². The molecule has 2 aromatic heterocycles. The monoisotopic (exact) mass is 436 g/mol. The number of carbonyl (C=O) groups excluding carboxylic acids is 1. The first-order chi connectivity index (χ1) is 14.3. The van der Waals surface area contributed by atoms with Crippen molar-refractivity contribution < 1.29 is 18.0 Å². The van der Waals surface area contributed by atoms with Crippen molar-refractivity contribution in [3.8, 4) is 0 Å². The van der Waals surface area contributed by atoms with E-state index >= 15 is 0 Å². The molecule has 1 saturated heterocycles. The Morgan fingerprint density at radius 3 is 2.67 bits per heavy atom. The Labute approximate surface area is 174 Å². The van der Waals surface area contributed by atoms with E-state index in [1.54, 1.807) is 4.90 Å². The van der Waals surface area contributed by atoms with Gasteiger partial charge in [0.1, 0.15) is 0 Å². The van der Waals surface area contributed by atoms with Crippen LogP contribution in [-0.4, -0.2) is 32.9 Å². The number of carbonyl (C=O) groups is 1. The molecule has 0 aliphatic carbocycles. The van der Waals surface area contributed by atoms with E-state index in [1.165, 1.54) is 0 Å². The van der Waals surface area contributed by atoms with Gasteiger partial charge in [0.2, 0.25) is 5.82 Å². The smallest absolute Gasteiger partial charge is 0.338 e. The number of fused-ring (bicyclic) bond motifs is 1. The lowest BCUT2D eigenvalue weighted by molar-refractivity contribution is -0.147. The van der Waals surface area contributed by atoms with Crippen LogP contribution in [0.15, 0.2) is 35.1 Å². The fourth-order valence-corrected chi connectivity index (χ4v) is 4.74. The van der Waals surface area contributed by atoms with Crippen molar-refractivity contribution in [1.82, 2.24) is 14.5 Å². The van der Waals surface area contributed by atoms with Crippen LogP contribution in [-0.2, 0) is 24.4 Å². The maximum atomic E-state index is 13.2. The number of halogens is 3. The van der Waals surface area contributed by atoms with E-state index in [-0.39, 0.29) is 22.2 Å². The van der Waals surface area contributed by atoms with E-state index in [1.807, 2.05) is 30.3 Å². The van der Waals surface area contributed by atoms with Crippen LogP contribution < -0.4 is 10.5 Å². The van der Waals surface area contributed by atoms with E-state index in [9.17, 15) is 22.8 Å². The second-order valence-corrected chi connectivity index (χ2v) is 8.21. The molecule has 1 fully saturated rings. The molecule has 0 bridgehead atoms. The van der Waals surface area contributed by atoms with Crippen LogP contribution in [0.25, 0.3) is 10.3 Å². The van der Waals surface area contributed by atoms with Crippen LogP contribution in [0.4, 0.5) is 18.3 Å². The maximum absolute atomic E-state index is 13.2. The lowest BCUT2D eigenvalue weighted by Crippen LogP contribution is -2.36. The zero-order chi connectivity index (χ0) is 21.5. The number of anilines is 1. The number of aromatic nitrogens is 3. The number of nitrogens with zero attached hydrogens (tertiary/aromatic N) is 4. The van der Waals surface area contributed by atoms with E-state index < -0.39 is 17.6 Å². The van der Waals surface area contributed by atoms with Crippen LogP contribution in [0, 0.1) is 0 Å². The van der Waals surface area contributed by atoms with Crippen molar-refractivity contribution in [1.29, 1.82) is 0 Å². The van der Waals surface area contributed by atoms with Crippen molar-refractivity contribution in [2.45, 2.75) is 37.9 Å². The van der Waals surface area contributed by atoms with Gasteiger partial charge in [-0.3, -0.25) is 14.2 Å². The van der Waals surface area contributed by atoms with Crippen LogP contribution in [0.5, 0.6) is 0 Å². The molecule has 6 nitrogen and oxygen atoms in total. The lowest BCUT2D eigenvalue weighted by Gasteiger charge is -2.22. The Morgan fingerprint density at radius 1 is 1.23 bits per heavy atom. The number of thiazole rings is 1. The molecule has 3 aromatic rings. The summed E-state index contributed by atoms with van der Waals surface area (Å²) in [5.41, 5.74) is 0.122. The molecular weight excluding hydrogens is 417 g/mol. The minimum atomic E-state index is -4.74. The fourth-order valence-electron chi connectivity index (χ4n) is 3.73. The topological polar surface area (TPSA) is 68.1 Å². The molecule has 1 aliphatic heterocycles. The highest BCUT2D eigenvalue weighted by Crippen LogP contribution is 2.34. The third-order valence-corrected chi connectivity index (χ3v) is 6.24. The molecule has 0 saturated carbocycles. The standard InChI is InChI=1S/C20H19F3N4O2S/c1-26-17(29)15-16(25-18(26)20(21,22)23)30-19(24-15)27-11-5-8-13(27)14(28)10-9-12-6-3-2-4-7-12/h2-4,6-7,13H,5,8-11H2,1H3/t13-/m1/s1. The van der Waals surface area contributed by atoms with Crippen LogP contribution in [0.3, 0.4) is 0 Å². The molecule has 0 N–H and O–H groups in total. The largest absolute Gasteiger partial charge is 0.449 e. The molecule has 1 aromatic carbocycles. The molecule has 3 heterocycles. The van der Waals surface area contributed by atoms with Crippen molar-refractivity contribution >= 4 is 32.6 Å². The highest BCUT2D eigenvalue weighted by Gasteiger charge is 2.38. The summed E-state index contributed by atoms with van der Waals surface area (Å²) in [5, 5.41) is 0.365. The highest BCUT2D eigenvalue weighted by molar-refractivity contribution is 7.21. The summed E-state index contributed by atoms with van der Waals surface area (Å²) < 4.78 is 40.0. The second-order valence-electron chi connectivity index (χ2n) is 7.25. The molecule has 1 aliphatic rings. The summed E-state index contributed by atoms with van der Waals surface area (Å²) in [6, 6.07) is 9.30. The third-order valence-electron chi connectivity index (χ3n) is 5.26. The number of Topliss-reactive ketones (excluding diaryl/α,β-unsaturated/α-hetero) is 1. The normalized spacial score (nSPS) is 17.1. The Bertz CT molecular complexity index is 1140. The van der Waals surface area contributed by atoms with Crippen molar-refractivity contribution in [2.75, 3.05) is 11.4 Å². The van der Waals surface area contributed by atoms with Gasteiger partial charge in [-0.2, -0.15) is 13.2 Å². The van der Waals surface area contributed by atoms with Gasteiger partial charge in [-0.05, 0) is 24.8 Å². The third kappa shape index (κ3) is 3.83. The van der Waals surface area contributed by atoms with E-state index in [2.05, 4.69) is 9.97 Å². The molecule has 0 spiro atoms. The number of hydrogen-bond acceptors (Lipinski definition) is 6. The van der Waals surface area contributed by atoms with Crippen LogP contribution in [0.2, 0.25) is 0 Å². The number of ketones is 1.